The Bertz CT molecular complexity index is 547. The molecule has 1 saturated heterocycles. The minimum Gasteiger partial charge on any atom is -0.387 e. The molecule has 0 saturated carbocycles. The van der Waals surface area contributed by atoms with Crippen LogP contribution in [0.25, 0.3) is 11.4 Å². The van der Waals surface area contributed by atoms with E-state index in [2.05, 4.69) is 15.0 Å². The van der Waals surface area contributed by atoms with E-state index in [4.69, 9.17) is 4.52 Å². The third kappa shape index (κ3) is 2.52. The van der Waals surface area contributed by atoms with Crippen LogP contribution >= 0.6 is 0 Å². The van der Waals surface area contributed by atoms with E-state index >= 15 is 0 Å². The lowest BCUT2D eigenvalue weighted by atomic mass is 9.91. The molecule has 1 aromatic heterocycles. The molecule has 19 heavy (non-hydrogen) atoms. The molecule has 1 aliphatic heterocycles. The molecular formula is C14H17N3O2. The maximum absolute atomic E-state index is 9.94. The first kappa shape index (κ1) is 12.3. The molecular weight excluding hydrogens is 242 g/mol. The number of nitrogens with zero attached hydrogens (tertiary/aromatic N) is 3. The summed E-state index contributed by atoms with van der Waals surface area (Å²) in [6, 6.07) is 9.75. The van der Waals surface area contributed by atoms with Crippen LogP contribution in [-0.2, 0) is 6.54 Å². The second-order valence-corrected chi connectivity index (χ2v) is 5.10. The largest absolute Gasteiger partial charge is 0.387 e. The van der Waals surface area contributed by atoms with Gasteiger partial charge >= 0.3 is 0 Å². The molecule has 0 atom stereocenters. The van der Waals surface area contributed by atoms with Gasteiger partial charge in [-0.1, -0.05) is 42.4 Å². The first-order valence-electron chi connectivity index (χ1n) is 6.51. The van der Waals surface area contributed by atoms with E-state index in [1.165, 1.54) is 0 Å². The Hall–Kier alpha value is -1.72. The van der Waals surface area contributed by atoms with Crippen molar-refractivity contribution in [2.45, 2.75) is 25.5 Å². The van der Waals surface area contributed by atoms with Gasteiger partial charge < -0.3 is 9.63 Å². The van der Waals surface area contributed by atoms with Crippen LogP contribution in [0.5, 0.6) is 0 Å². The maximum atomic E-state index is 9.94. The van der Waals surface area contributed by atoms with Gasteiger partial charge in [-0.2, -0.15) is 4.98 Å². The van der Waals surface area contributed by atoms with Crippen molar-refractivity contribution in [1.82, 2.24) is 15.0 Å². The van der Waals surface area contributed by atoms with E-state index < -0.39 is 5.60 Å². The number of hydrogen-bond donors (Lipinski definition) is 1. The van der Waals surface area contributed by atoms with Crippen molar-refractivity contribution >= 4 is 0 Å². The highest BCUT2D eigenvalue weighted by molar-refractivity contribution is 5.53. The Morgan fingerprint density at radius 1 is 1.32 bits per heavy atom. The molecule has 0 aliphatic carbocycles. The van der Waals surface area contributed by atoms with Crippen LogP contribution in [0.15, 0.2) is 34.9 Å². The van der Waals surface area contributed by atoms with Crippen molar-refractivity contribution in [3.63, 3.8) is 0 Å². The Morgan fingerprint density at radius 3 is 2.74 bits per heavy atom. The summed E-state index contributed by atoms with van der Waals surface area (Å²) in [6.45, 7) is 3.94. The fourth-order valence-electron chi connectivity index (χ4n) is 2.34. The van der Waals surface area contributed by atoms with Gasteiger partial charge in [0.05, 0.1) is 12.1 Å². The molecule has 5 nitrogen and oxygen atoms in total. The summed E-state index contributed by atoms with van der Waals surface area (Å²) in [4.78, 5) is 6.48. The number of benzene rings is 1. The quantitative estimate of drug-likeness (QED) is 0.905. The van der Waals surface area contributed by atoms with Crippen molar-refractivity contribution in [3.8, 4) is 11.4 Å². The average Bonchev–Trinajstić information content (AvgIpc) is 2.86. The van der Waals surface area contributed by atoms with Crippen LogP contribution in [-0.4, -0.2) is 38.8 Å². The van der Waals surface area contributed by atoms with E-state index in [-0.39, 0.29) is 0 Å². The summed E-state index contributed by atoms with van der Waals surface area (Å²) in [5.74, 6) is 1.21. The molecule has 0 radical (unpaired) electrons. The topological polar surface area (TPSA) is 62.4 Å². The Morgan fingerprint density at radius 2 is 2.05 bits per heavy atom. The first-order chi connectivity index (χ1) is 9.18. The van der Waals surface area contributed by atoms with Crippen LogP contribution < -0.4 is 0 Å². The zero-order chi connectivity index (χ0) is 13.3. The second kappa shape index (κ2) is 4.75. The van der Waals surface area contributed by atoms with E-state index in [1.807, 2.05) is 37.3 Å². The molecule has 2 aromatic rings. The molecule has 1 aliphatic rings. The third-order valence-electron chi connectivity index (χ3n) is 3.55. The molecule has 5 heteroatoms. The Balaban J connectivity index is 1.64. The van der Waals surface area contributed by atoms with Crippen molar-refractivity contribution in [2.75, 3.05) is 13.1 Å². The normalized spacial score (nSPS) is 18.2. The van der Waals surface area contributed by atoms with Crippen LogP contribution in [0.4, 0.5) is 0 Å². The standard InChI is InChI=1S/C14H17N3O2/c1-2-14(18)9-17(10-14)8-12-15-13(16-19-12)11-6-4-3-5-7-11/h3-7,18H,2,8-10H2,1H3. The summed E-state index contributed by atoms with van der Waals surface area (Å²) >= 11 is 0. The fraction of sp³-hybridized carbons (Fsp3) is 0.429. The molecule has 0 unspecified atom stereocenters. The molecule has 100 valence electrons. The molecule has 0 amide bonds. The molecule has 1 aromatic carbocycles. The average molecular weight is 259 g/mol. The number of likely N-dealkylation sites (tertiary alicyclic amines) is 1. The fourth-order valence-corrected chi connectivity index (χ4v) is 2.34. The van der Waals surface area contributed by atoms with Crippen LogP contribution in [0, 0.1) is 0 Å². The number of hydrogen-bond acceptors (Lipinski definition) is 5. The van der Waals surface area contributed by atoms with Gasteiger partial charge in [0, 0.05) is 18.7 Å². The highest BCUT2D eigenvalue weighted by Crippen LogP contribution is 2.25. The van der Waals surface area contributed by atoms with Gasteiger partial charge in [0.1, 0.15) is 0 Å². The Labute approximate surface area is 111 Å². The van der Waals surface area contributed by atoms with Crippen LogP contribution in [0.1, 0.15) is 19.2 Å². The van der Waals surface area contributed by atoms with Gasteiger partial charge in [-0.05, 0) is 6.42 Å². The van der Waals surface area contributed by atoms with Gasteiger partial charge in [-0.25, -0.2) is 0 Å². The molecule has 0 spiro atoms. The van der Waals surface area contributed by atoms with Gasteiger partial charge in [0.25, 0.3) is 0 Å². The maximum Gasteiger partial charge on any atom is 0.241 e. The van der Waals surface area contributed by atoms with E-state index in [9.17, 15) is 5.11 Å². The SMILES string of the molecule is CCC1(O)CN(Cc2nc(-c3ccccc3)no2)C1. The van der Waals surface area contributed by atoms with E-state index in [0.29, 0.717) is 31.3 Å². The summed E-state index contributed by atoms with van der Waals surface area (Å²) in [5, 5.41) is 13.9. The lowest BCUT2D eigenvalue weighted by Gasteiger charge is -2.45. The van der Waals surface area contributed by atoms with E-state index in [1.54, 1.807) is 0 Å². The molecule has 1 fully saturated rings. The predicted octanol–water partition coefficient (Wildman–Crippen LogP) is 1.69. The van der Waals surface area contributed by atoms with Crippen molar-refractivity contribution in [3.05, 3.63) is 36.2 Å². The first-order valence-corrected chi connectivity index (χ1v) is 6.51. The molecule has 2 heterocycles. The van der Waals surface area contributed by atoms with Crippen LogP contribution in [0.3, 0.4) is 0 Å². The molecule has 3 rings (SSSR count). The summed E-state index contributed by atoms with van der Waals surface area (Å²) in [6.07, 6.45) is 0.780. The summed E-state index contributed by atoms with van der Waals surface area (Å²) in [5.41, 5.74) is 0.425. The van der Waals surface area contributed by atoms with Gasteiger partial charge in [0.15, 0.2) is 0 Å². The zero-order valence-electron chi connectivity index (χ0n) is 10.9. The van der Waals surface area contributed by atoms with Crippen molar-refractivity contribution in [1.29, 1.82) is 0 Å². The summed E-state index contributed by atoms with van der Waals surface area (Å²) in [7, 11) is 0. The minimum atomic E-state index is -0.526. The van der Waals surface area contributed by atoms with Crippen molar-refractivity contribution in [2.24, 2.45) is 0 Å². The number of aromatic nitrogens is 2. The summed E-state index contributed by atoms with van der Waals surface area (Å²) < 4.78 is 5.24. The lowest BCUT2D eigenvalue weighted by Crippen LogP contribution is -2.60. The van der Waals surface area contributed by atoms with Crippen molar-refractivity contribution < 1.29 is 9.63 Å². The molecule has 0 bridgehead atoms. The van der Waals surface area contributed by atoms with Gasteiger partial charge in [-0.15, -0.1) is 0 Å². The van der Waals surface area contributed by atoms with E-state index in [0.717, 1.165) is 12.0 Å². The number of rotatable bonds is 4. The highest BCUT2D eigenvalue weighted by Gasteiger charge is 2.39. The smallest absolute Gasteiger partial charge is 0.241 e. The van der Waals surface area contributed by atoms with Gasteiger partial charge in [0.2, 0.25) is 11.7 Å². The Kier molecular flexibility index (Phi) is 3.08. The lowest BCUT2D eigenvalue weighted by molar-refractivity contribution is -0.106. The third-order valence-corrected chi connectivity index (χ3v) is 3.55. The van der Waals surface area contributed by atoms with Crippen LogP contribution in [0.2, 0.25) is 0 Å². The second-order valence-electron chi connectivity index (χ2n) is 5.10. The highest BCUT2D eigenvalue weighted by atomic mass is 16.5. The minimum absolute atomic E-state index is 0.526. The monoisotopic (exact) mass is 259 g/mol. The van der Waals surface area contributed by atoms with Gasteiger partial charge in [-0.3, -0.25) is 4.90 Å². The number of aliphatic hydroxyl groups is 1. The molecule has 1 N–H and O–H groups in total. The number of β-amino-alcohol motifs (C(OH)–C–C–N with tert-alkyl or cyclic N) is 1. The predicted molar refractivity (Wildman–Crippen MR) is 70.3 cm³/mol. The zero-order valence-corrected chi connectivity index (χ0v) is 10.9.